The molecule has 1 heterocycles. The molecule has 3 amide bonds. The van der Waals surface area contributed by atoms with Crippen molar-refractivity contribution in [3.05, 3.63) is 0 Å². The number of aliphatic carboxylic acids is 2. The molecule has 7 N–H and O–H groups in total. The molecule has 0 unspecified atom stereocenters. The van der Waals surface area contributed by atoms with E-state index in [1.807, 2.05) is 5.48 Å². The van der Waals surface area contributed by atoms with Gasteiger partial charge in [0.2, 0.25) is 5.91 Å². The van der Waals surface area contributed by atoms with Crippen LogP contribution in [0, 0.1) is 0 Å². The van der Waals surface area contributed by atoms with E-state index in [4.69, 9.17) is 15.9 Å². The minimum atomic E-state index is -1.91. The molecule has 0 aromatic rings. The number of hydrogen-bond donors (Lipinski definition) is 6. The summed E-state index contributed by atoms with van der Waals surface area (Å²) in [6.45, 7) is -0.234. The van der Waals surface area contributed by atoms with E-state index in [0.29, 0.717) is 0 Å². The molecule has 13 nitrogen and oxygen atoms in total. The van der Waals surface area contributed by atoms with Gasteiger partial charge in [0.1, 0.15) is 18.7 Å². The predicted molar refractivity (Wildman–Crippen MR) is 70.9 cm³/mol. The number of hydroxylamine groups is 3. The van der Waals surface area contributed by atoms with Crippen LogP contribution >= 0.6 is 0 Å². The normalized spacial score (nSPS) is 19.1. The van der Waals surface area contributed by atoms with Crippen molar-refractivity contribution in [3.63, 3.8) is 0 Å². The number of nitrogens with one attached hydrogen (secondary N) is 2. The lowest BCUT2D eigenvalue weighted by Gasteiger charge is -2.26. The molecule has 134 valence electrons. The van der Waals surface area contributed by atoms with Crippen molar-refractivity contribution in [1.29, 1.82) is 0 Å². The summed E-state index contributed by atoms with van der Waals surface area (Å²) >= 11 is 0. The molecule has 0 radical (unpaired) electrons. The van der Waals surface area contributed by atoms with E-state index in [9.17, 15) is 29.2 Å². The summed E-state index contributed by atoms with van der Waals surface area (Å²) in [6.07, 6.45) is -1.83. The number of nitrogens with zero attached hydrogens (tertiary/aromatic N) is 1. The lowest BCUT2D eigenvalue weighted by atomic mass is 10.1. The average molecular weight is 348 g/mol. The van der Waals surface area contributed by atoms with Gasteiger partial charge in [0.05, 0.1) is 18.9 Å². The number of rotatable bonds is 8. The Hall–Kier alpha value is -2.77. The number of carboxylic acids is 2. The highest BCUT2D eigenvalue weighted by molar-refractivity contribution is 5.95. The number of carbonyl (C=O) groups is 5. The Bertz CT molecular complexity index is 552. The first-order chi connectivity index (χ1) is 11.1. The van der Waals surface area contributed by atoms with Gasteiger partial charge in [0.15, 0.2) is 0 Å². The molecule has 24 heavy (non-hydrogen) atoms. The molecule has 0 aliphatic carbocycles. The van der Waals surface area contributed by atoms with E-state index in [1.54, 1.807) is 0 Å². The average Bonchev–Trinajstić information content (AvgIpc) is 2.87. The molecule has 1 saturated heterocycles. The fraction of sp³-hybridized carbons (Fsp3) is 0.545. The van der Waals surface area contributed by atoms with Crippen molar-refractivity contribution in [3.8, 4) is 0 Å². The molecule has 1 aliphatic heterocycles. The van der Waals surface area contributed by atoms with Crippen molar-refractivity contribution < 1.29 is 44.2 Å². The lowest BCUT2D eigenvalue weighted by Crippen LogP contribution is -2.56. The molecule has 1 fully saturated rings. The minimum Gasteiger partial charge on any atom is -0.481 e. The molecule has 0 aromatic heterocycles. The molecule has 0 saturated carbocycles. The summed E-state index contributed by atoms with van der Waals surface area (Å²) in [7, 11) is 0. The van der Waals surface area contributed by atoms with Crippen LogP contribution in [0.1, 0.15) is 12.8 Å². The Labute approximate surface area is 134 Å². The maximum absolute atomic E-state index is 12.0. The van der Waals surface area contributed by atoms with Gasteiger partial charge < -0.3 is 21.3 Å². The Kier molecular flexibility index (Phi) is 6.58. The van der Waals surface area contributed by atoms with Crippen LogP contribution in [-0.2, 0) is 28.8 Å². The summed E-state index contributed by atoms with van der Waals surface area (Å²) in [5, 5.41) is 29.0. The fourth-order valence-corrected chi connectivity index (χ4v) is 1.77. The maximum Gasteiger partial charge on any atom is 0.306 e. The van der Waals surface area contributed by atoms with E-state index in [1.165, 1.54) is 0 Å². The van der Waals surface area contributed by atoms with E-state index >= 15 is 0 Å². The molecule has 1 aliphatic rings. The number of carbonyl (C=O) groups excluding carboxylic acids is 3. The Morgan fingerprint density at radius 2 is 1.88 bits per heavy atom. The zero-order valence-corrected chi connectivity index (χ0v) is 12.2. The summed E-state index contributed by atoms with van der Waals surface area (Å²) in [5.41, 5.74) is 7.23. The van der Waals surface area contributed by atoms with Gasteiger partial charge in [0, 0.05) is 0 Å². The molecule has 0 spiro atoms. The van der Waals surface area contributed by atoms with Gasteiger partial charge in [-0.05, 0) is 0 Å². The van der Waals surface area contributed by atoms with Crippen LogP contribution in [-0.4, -0.2) is 74.9 Å². The largest absolute Gasteiger partial charge is 0.481 e. The van der Waals surface area contributed by atoms with Crippen molar-refractivity contribution in [2.45, 2.75) is 31.0 Å². The zero-order valence-electron chi connectivity index (χ0n) is 12.2. The van der Waals surface area contributed by atoms with Crippen molar-refractivity contribution >= 4 is 29.7 Å². The van der Waals surface area contributed by atoms with E-state index in [-0.39, 0.29) is 11.7 Å². The van der Waals surface area contributed by atoms with Gasteiger partial charge in [-0.15, -0.1) is 0 Å². The van der Waals surface area contributed by atoms with Crippen LogP contribution < -0.4 is 16.5 Å². The fourth-order valence-electron chi connectivity index (χ4n) is 1.77. The number of nitrogens with two attached hydrogens (primary N) is 1. The van der Waals surface area contributed by atoms with Gasteiger partial charge in [-0.3, -0.25) is 34.0 Å². The number of amides is 3. The second-order valence-corrected chi connectivity index (χ2v) is 4.84. The van der Waals surface area contributed by atoms with E-state index < -0.39 is 60.6 Å². The molecule has 13 heteroatoms. The van der Waals surface area contributed by atoms with Gasteiger partial charge in [-0.1, -0.05) is 0 Å². The van der Waals surface area contributed by atoms with Crippen molar-refractivity contribution in [2.24, 2.45) is 5.73 Å². The third kappa shape index (κ3) is 5.15. The second-order valence-electron chi connectivity index (χ2n) is 4.84. The van der Waals surface area contributed by atoms with Gasteiger partial charge in [0.25, 0.3) is 11.8 Å². The molecule has 0 bridgehead atoms. The minimum absolute atomic E-state index is 0.234. The van der Waals surface area contributed by atoms with Crippen LogP contribution in [0.2, 0.25) is 0 Å². The molecular weight excluding hydrogens is 332 g/mol. The number of hydrogen-bond acceptors (Lipinski definition) is 8. The Morgan fingerprint density at radius 3 is 2.33 bits per heavy atom. The van der Waals surface area contributed by atoms with E-state index in [2.05, 4.69) is 10.2 Å². The highest BCUT2D eigenvalue weighted by Gasteiger charge is 2.37. The van der Waals surface area contributed by atoms with Gasteiger partial charge in [-0.25, -0.2) is 10.5 Å². The van der Waals surface area contributed by atoms with Crippen LogP contribution in [0.25, 0.3) is 0 Å². The molecule has 1 rings (SSSR count). The van der Waals surface area contributed by atoms with Crippen LogP contribution in [0.5, 0.6) is 0 Å². The smallest absolute Gasteiger partial charge is 0.306 e. The third-order valence-corrected chi connectivity index (χ3v) is 2.96. The van der Waals surface area contributed by atoms with Crippen LogP contribution in [0.4, 0.5) is 0 Å². The number of carboxylic acid groups (broad SMARTS) is 2. The Morgan fingerprint density at radius 1 is 1.29 bits per heavy atom. The van der Waals surface area contributed by atoms with Crippen molar-refractivity contribution in [2.75, 3.05) is 6.61 Å². The van der Waals surface area contributed by atoms with E-state index in [0.717, 1.165) is 0 Å². The standard InChI is InChI=1S/C11H16N4O9/c12-4(1-7(16)17)11(22)15(23)6(2-8(18)19)10(21)13-5-3-24-14-9(5)20/h4-6,23H,1-3,12H2,(H,13,21)(H,14,20)(H,16,17)(H,18,19)/t4-,5+,6-/m0/s1. The predicted octanol–water partition coefficient (Wildman–Crippen LogP) is -3.60. The SMILES string of the molecule is N[C@@H](CC(=O)O)C(=O)N(O)[C@@H](CC(=O)O)C(=O)N[C@@H]1CONC1=O. The van der Waals surface area contributed by atoms with Crippen LogP contribution in [0.3, 0.4) is 0 Å². The third-order valence-electron chi connectivity index (χ3n) is 2.96. The summed E-state index contributed by atoms with van der Waals surface area (Å²) < 4.78 is 0. The maximum atomic E-state index is 12.0. The quantitative estimate of drug-likeness (QED) is 0.187. The monoisotopic (exact) mass is 348 g/mol. The highest BCUT2D eigenvalue weighted by Crippen LogP contribution is 2.08. The summed E-state index contributed by atoms with van der Waals surface area (Å²) in [4.78, 5) is 61.1. The lowest BCUT2D eigenvalue weighted by molar-refractivity contribution is -0.184. The Balaban J connectivity index is 2.84. The first kappa shape index (κ1) is 19.3. The van der Waals surface area contributed by atoms with Gasteiger partial charge in [-0.2, -0.15) is 0 Å². The molecule has 3 atom stereocenters. The van der Waals surface area contributed by atoms with Crippen LogP contribution in [0.15, 0.2) is 0 Å². The highest BCUT2D eigenvalue weighted by atomic mass is 16.7. The molecular formula is C11H16N4O9. The van der Waals surface area contributed by atoms with Gasteiger partial charge >= 0.3 is 11.9 Å². The summed E-state index contributed by atoms with van der Waals surface area (Å²) in [6, 6.07) is -4.73. The first-order valence-corrected chi connectivity index (χ1v) is 6.56. The summed E-state index contributed by atoms with van der Waals surface area (Å²) in [5.74, 6) is -6.16. The van der Waals surface area contributed by atoms with Crippen molar-refractivity contribution in [1.82, 2.24) is 15.9 Å². The second kappa shape index (κ2) is 8.19. The first-order valence-electron chi connectivity index (χ1n) is 6.56. The molecule has 0 aromatic carbocycles. The topological polar surface area (TPSA) is 209 Å². The zero-order chi connectivity index (χ0) is 18.4.